The number of alkyl halides is 3. The van der Waals surface area contributed by atoms with E-state index in [1.165, 1.54) is 12.1 Å². The summed E-state index contributed by atoms with van der Waals surface area (Å²) in [5.41, 5.74) is -0.914. The first-order valence-electron chi connectivity index (χ1n) is 8.67. The van der Waals surface area contributed by atoms with Gasteiger partial charge in [0.1, 0.15) is 40.9 Å². The zero-order valence-electron chi connectivity index (χ0n) is 15.3. The molecule has 3 rings (SSSR count). The molecule has 0 heterocycles. The number of rotatable bonds is 7. The molecule has 0 bridgehead atoms. The Hall–Kier alpha value is -2.45. The molecule has 0 N–H and O–H groups in total. The molecule has 30 heavy (non-hydrogen) atoms. The van der Waals surface area contributed by atoms with Gasteiger partial charge in [0.25, 0.3) is 0 Å². The predicted octanol–water partition coefficient (Wildman–Crippen LogP) is 8.30. The summed E-state index contributed by atoms with van der Waals surface area (Å²) in [4.78, 5) is 0. The van der Waals surface area contributed by atoms with E-state index in [1.807, 2.05) is 30.3 Å². The molecule has 0 aliphatic carbocycles. The Morgan fingerprint density at radius 3 is 1.87 bits per heavy atom. The van der Waals surface area contributed by atoms with Crippen LogP contribution in [-0.2, 0) is 6.18 Å². The van der Waals surface area contributed by atoms with Crippen molar-refractivity contribution >= 4 is 31.9 Å². The summed E-state index contributed by atoms with van der Waals surface area (Å²) in [6.45, 7) is -0.0298. The van der Waals surface area contributed by atoms with Crippen LogP contribution in [-0.4, -0.2) is 6.61 Å². The van der Waals surface area contributed by atoms with Gasteiger partial charge in [0, 0.05) is 0 Å². The highest BCUT2D eigenvalue weighted by molar-refractivity contribution is 9.28. The first-order valence-corrected chi connectivity index (χ1v) is 10.3. The second-order valence-corrected chi connectivity index (χ2v) is 8.72. The Labute approximate surface area is 188 Å². The van der Waals surface area contributed by atoms with Crippen molar-refractivity contribution in [2.75, 3.05) is 6.61 Å². The minimum Gasteiger partial charge on any atom is -0.489 e. The van der Waals surface area contributed by atoms with Crippen molar-refractivity contribution in [3.63, 3.8) is 0 Å². The van der Waals surface area contributed by atoms with Crippen molar-refractivity contribution in [1.29, 1.82) is 0 Å². The van der Waals surface area contributed by atoms with Crippen LogP contribution in [0.4, 0.5) is 13.2 Å². The average Bonchev–Trinajstić information content (AvgIpc) is 2.70. The van der Waals surface area contributed by atoms with Gasteiger partial charge in [-0.15, -0.1) is 0 Å². The Morgan fingerprint density at radius 2 is 1.30 bits per heavy atom. The average molecular weight is 544 g/mol. The Morgan fingerprint density at radius 1 is 0.767 bits per heavy atom. The molecule has 0 fully saturated rings. The number of benzene rings is 3. The topological polar surface area (TPSA) is 27.7 Å². The minimum absolute atomic E-state index is 0.0298. The molecular weight excluding hydrogens is 529 g/mol. The number of hydrogen-bond donors (Lipinski definition) is 0. The lowest BCUT2D eigenvalue weighted by molar-refractivity contribution is -0.138. The summed E-state index contributed by atoms with van der Waals surface area (Å²) < 4.78 is 57.4. The number of halogens is 5. The molecule has 8 heteroatoms. The molecule has 0 radical (unpaired) electrons. The summed E-state index contributed by atoms with van der Waals surface area (Å²) in [6.07, 6.45) is -3.04. The molecule has 3 aromatic rings. The molecule has 156 valence electrons. The van der Waals surface area contributed by atoms with Crippen molar-refractivity contribution in [1.82, 2.24) is 0 Å². The molecule has 0 unspecified atom stereocenters. The maximum atomic E-state index is 13.4. The van der Waals surface area contributed by atoms with Gasteiger partial charge in [-0.3, -0.25) is 0 Å². The molecule has 0 amide bonds. The van der Waals surface area contributed by atoms with Gasteiger partial charge in [-0.1, -0.05) is 18.2 Å². The molecule has 0 aliphatic rings. The van der Waals surface area contributed by atoms with Crippen LogP contribution < -0.4 is 14.2 Å². The van der Waals surface area contributed by atoms with Crippen LogP contribution in [0.5, 0.6) is 28.7 Å². The summed E-state index contributed by atoms with van der Waals surface area (Å²) in [5, 5.41) is 0. The normalized spacial score (nSPS) is 11.0. The lowest BCUT2D eigenvalue weighted by Gasteiger charge is -2.15. The van der Waals surface area contributed by atoms with Crippen LogP contribution in [0.1, 0.15) is 5.56 Å². The minimum atomic E-state index is -4.59. The lowest BCUT2D eigenvalue weighted by Crippen LogP contribution is -2.09. The van der Waals surface area contributed by atoms with E-state index in [0.717, 1.165) is 6.07 Å². The molecule has 0 saturated heterocycles. The number of para-hydroxylation sites is 1. The van der Waals surface area contributed by atoms with Crippen LogP contribution in [0, 0.1) is 0 Å². The maximum absolute atomic E-state index is 13.4. The summed E-state index contributed by atoms with van der Waals surface area (Å²) in [7, 11) is 0. The molecule has 0 aliphatic heterocycles. The summed E-state index contributed by atoms with van der Waals surface area (Å²) in [5.74, 6) is 1.41. The fourth-order valence-electron chi connectivity index (χ4n) is 2.45. The van der Waals surface area contributed by atoms with Crippen molar-refractivity contribution in [2.24, 2.45) is 0 Å². The van der Waals surface area contributed by atoms with E-state index in [9.17, 15) is 13.2 Å². The molecule has 3 nitrogen and oxygen atoms in total. The standard InChI is InChI=1S/C22H15Br2F3O3/c23-21(24)12-13-28-20-11-10-18(14-19(20)22(25,26)27)30-17-8-6-16(7-9-17)29-15-4-2-1-3-5-15/h1-12,14H,13H2. The van der Waals surface area contributed by atoms with E-state index >= 15 is 0 Å². The quantitative estimate of drug-likeness (QED) is 0.300. The van der Waals surface area contributed by atoms with Gasteiger partial charge < -0.3 is 14.2 Å². The van der Waals surface area contributed by atoms with Gasteiger partial charge >= 0.3 is 6.18 Å². The van der Waals surface area contributed by atoms with Crippen molar-refractivity contribution in [3.8, 4) is 28.7 Å². The fraction of sp³-hybridized carbons (Fsp3) is 0.0909. The molecule has 3 aromatic carbocycles. The van der Waals surface area contributed by atoms with E-state index in [-0.39, 0.29) is 18.1 Å². The van der Waals surface area contributed by atoms with Gasteiger partial charge in [-0.2, -0.15) is 13.2 Å². The maximum Gasteiger partial charge on any atom is 0.420 e. The van der Waals surface area contributed by atoms with Crippen molar-refractivity contribution in [3.05, 3.63) is 87.8 Å². The molecule has 0 saturated carbocycles. The lowest BCUT2D eigenvalue weighted by atomic mass is 10.2. The van der Waals surface area contributed by atoms with E-state index < -0.39 is 11.7 Å². The van der Waals surface area contributed by atoms with E-state index in [0.29, 0.717) is 20.6 Å². The third kappa shape index (κ3) is 6.53. The molecule has 0 spiro atoms. The SMILES string of the molecule is FC(F)(F)c1cc(Oc2ccc(Oc3ccccc3)cc2)ccc1OCC=C(Br)Br. The smallest absolute Gasteiger partial charge is 0.420 e. The van der Waals surface area contributed by atoms with Crippen molar-refractivity contribution in [2.45, 2.75) is 6.18 Å². The number of hydrogen-bond acceptors (Lipinski definition) is 3. The van der Waals surface area contributed by atoms with Crippen LogP contribution in [0.3, 0.4) is 0 Å². The van der Waals surface area contributed by atoms with Gasteiger partial charge in [-0.25, -0.2) is 0 Å². The van der Waals surface area contributed by atoms with Gasteiger partial charge in [-0.05, 0) is 92.5 Å². The van der Waals surface area contributed by atoms with E-state index in [1.54, 1.807) is 30.3 Å². The summed E-state index contributed by atoms with van der Waals surface area (Å²) in [6, 6.07) is 19.4. The highest BCUT2D eigenvalue weighted by Gasteiger charge is 2.35. The second-order valence-electron chi connectivity index (χ2n) is 5.95. The predicted molar refractivity (Wildman–Crippen MR) is 116 cm³/mol. The van der Waals surface area contributed by atoms with E-state index in [4.69, 9.17) is 14.2 Å². The van der Waals surface area contributed by atoms with Crippen LogP contribution in [0.25, 0.3) is 0 Å². The monoisotopic (exact) mass is 542 g/mol. The Bertz CT molecular complexity index is 1000. The van der Waals surface area contributed by atoms with Crippen LogP contribution >= 0.6 is 31.9 Å². The summed E-state index contributed by atoms with van der Waals surface area (Å²) >= 11 is 6.25. The largest absolute Gasteiger partial charge is 0.489 e. The van der Waals surface area contributed by atoms with E-state index in [2.05, 4.69) is 31.9 Å². The Kier molecular flexibility index (Phi) is 7.44. The number of ether oxygens (including phenoxy) is 3. The molecule has 0 aromatic heterocycles. The van der Waals surface area contributed by atoms with Crippen LogP contribution in [0.15, 0.2) is 82.3 Å². The molecular formula is C22H15Br2F3O3. The molecule has 0 atom stereocenters. The van der Waals surface area contributed by atoms with Crippen molar-refractivity contribution < 1.29 is 27.4 Å². The first kappa shape index (κ1) is 22.2. The zero-order chi connectivity index (χ0) is 21.6. The highest BCUT2D eigenvalue weighted by Crippen LogP contribution is 2.39. The zero-order valence-corrected chi connectivity index (χ0v) is 18.5. The first-order chi connectivity index (χ1) is 14.3. The third-order valence-corrected chi connectivity index (χ3v) is 4.42. The van der Waals surface area contributed by atoms with Gasteiger partial charge in [0.05, 0.1) is 3.39 Å². The Balaban J connectivity index is 1.73. The third-order valence-electron chi connectivity index (χ3n) is 3.77. The second kappa shape index (κ2) is 10.0. The van der Waals surface area contributed by atoms with Crippen LogP contribution in [0.2, 0.25) is 0 Å². The fourth-order valence-corrected chi connectivity index (χ4v) is 2.72. The van der Waals surface area contributed by atoms with Gasteiger partial charge in [0.2, 0.25) is 0 Å². The van der Waals surface area contributed by atoms with Gasteiger partial charge in [0.15, 0.2) is 0 Å². The highest BCUT2D eigenvalue weighted by atomic mass is 79.9.